The first-order valence-electron chi connectivity index (χ1n) is 6.01. The molecule has 0 saturated carbocycles. The fourth-order valence-corrected chi connectivity index (χ4v) is 2.50. The Bertz CT molecular complexity index is 624. The lowest BCUT2D eigenvalue weighted by Gasteiger charge is -2.13. The third kappa shape index (κ3) is 3.61. The molecule has 2 rings (SSSR count). The van der Waals surface area contributed by atoms with E-state index in [0.29, 0.717) is 5.56 Å². The second kappa shape index (κ2) is 6.41. The summed E-state index contributed by atoms with van der Waals surface area (Å²) >= 11 is 6.76. The largest absolute Gasteiger partial charge is 0.378 e. The maximum absolute atomic E-state index is 12.2. The van der Waals surface area contributed by atoms with Gasteiger partial charge in [0.05, 0.1) is 5.56 Å². The molecule has 1 N–H and O–H groups in total. The van der Waals surface area contributed by atoms with Crippen LogP contribution in [0.4, 0.5) is 11.4 Å². The first-order chi connectivity index (χ1) is 9.47. The van der Waals surface area contributed by atoms with Gasteiger partial charge in [0, 0.05) is 34.4 Å². The van der Waals surface area contributed by atoms with E-state index in [1.54, 1.807) is 6.07 Å². The van der Waals surface area contributed by atoms with Crippen molar-refractivity contribution in [2.45, 2.75) is 0 Å². The summed E-state index contributed by atoms with van der Waals surface area (Å²) in [5, 5.41) is 2.88. The van der Waals surface area contributed by atoms with Gasteiger partial charge < -0.3 is 10.2 Å². The summed E-state index contributed by atoms with van der Waals surface area (Å²) in [4.78, 5) is 14.2. The number of amides is 1. The number of benzene rings is 2. The molecular weight excluding hydrogens is 384 g/mol. The van der Waals surface area contributed by atoms with Crippen molar-refractivity contribution in [3.8, 4) is 0 Å². The number of rotatable bonds is 3. The SMILES string of the molecule is CN(C)c1ccc(NC(=O)c2cc(Br)ccc2Br)cc1. The molecule has 0 fully saturated rings. The molecule has 0 unspecified atom stereocenters. The molecule has 0 bridgehead atoms. The molecule has 0 radical (unpaired) electrons. The van der Waals surface area contributed by atoms with Gasteiger partial charge in [-0.15, -0.1) is 0 Å². The second-order valence-electron chi connectivity index (χ2n) is 4.52. The van der Waals surface area contributed by atoms with Gasteiger partial charge in [-0.3, -0.25) is 4.79 Å². The minimum Gasteiger partial charge on any atom is -0.378 e. The number of nitrogens with one attached hydrogen (secondary N) is 1. The van der Waals surface area contributed by atoms with Crippen molar-refractivity contribution >= 4 is 49.1 Å². The van der Waals surface area contributed by atoms with Crippen LogP contribution in [0.1, 0.15) is 10.4 Å². The monoisotopic (exact) mass is 396 g/mol. The van der Waals surface area contributed by atoms with Crippen LogP contribution in [-0.2, 0) is 0 Å². The van der Waals surface area contributed by atoms with E-state index in [4.69, 9.17) is 0 Å². The summed E-state index contributed by atoms with van der Waals surface area (Å²) in [7, 11) is 3.96. The highest BCUT2D eigenvalue weighted by molar-refractivity contribution is 9.11. The van der Waals surface area contributed by atoms with Gasteiger partial charge in [-0.1, -0.05) is 15.9 Å². The van der Waals surface area contributed by atoms with Gasteiger partial charge in [-0.2, -0.15) is 0 Å². The summed E-state index contributed by atoms with van der Waals surface area (Å²) in [6.07, 6.45) is 0. The van der Waals surface area contributed by atoms with Gasteiger partial charge in [0.2, 0.25) is 0 Å². The molecule has 20 heavy (non-hydrogen) atoms. The first kappa shape index (κ1) is 15.1. The van der Waals surface area contributed by atoms with Crippen molar-refractivity contribution in [1.82, 2.24) is 0 Å². The summed E-state index contributed by atoms with van der Waals surface area (Å²) in [5.74, 6) is -0.143. The van der Waals surface area contributed by atoms with E-state index in [0.717, 1.165) is 20.3 Å². The average molecular weight is 398 g/mol. The van der Waals surface area contributed by atoms with E-state index in [9.17, 15) is 4.79 Å². The number of hydrogen-bond donors (Lipinski definition) is 1. The van der Waals surface area contributed by atoms with Crippen molar-refractivity contribution in [1.29, 1.82) is 0 Å². The van der Waals surface area contributed by atoms with Gasteiger partial charge in [0.15, 0.2) is 0 Å². The Kier molecular flexibility index (Phi) is 4.83. The van der Waals surface area contributed by atoms with Crippen LogP contribution in [-0.4, -0.2) is 20.0 Å². The molecule has 0 aliphatic heterocycles. The molecule has 2 aromatic rings. The van der Waals surface area contributed by atoms with E-state index in [1.165, 1.54) is 0 Å². The Hall–Kier alpha value is -1.33. The molecule has 0 aliphatic carbocycles. The predicted molar refractivity (Wildman–Crippen MR) is 90.6 cm³/mol. The number of halogens is 2. The molecular formula is C15H14Br2N2O. The number of carbonyl (C=O) groups excluding carboxylic acids is 1. The lowest BCUT2D eigenvalue weighted by atomic mass is 10.2. The number of hydrogen-bond acceptors (Lipinski definition) is 2. The Labute approximate surface area is 135 Å². The van der Waals surface area contributed by atoms with Gasteiger partial charge in [0.1, 0.15) is 0 Å². The summed E-state index contributed by atoms with van der Waals surface area (Å²) in [5.41, 5.74) is 2.45. The predicted octanol–water partition coefficient (Wildman–Crippen LogP) is 4.53. The quantitative estimate of drug-likeness (QED) is 0.825. The molecule has 1 amide bonds. The molecule has 3 nitrogen and oxygen atoms in total. The maximum atomic E-state index is 12.2. The summed E-state index contributed by atoms with van der Waals surface area (Å²) in [6.45, 7) is 0. The minimum absolute atomic E-state index is 0.143. The molecule has 0 saturated heterocycles. The van der Waals surface area contributed by atoms with Crippen molar-refractivity contribution < 1.29 is 4.79 Å². The lowest BCUT2D eigenvalue weighted by Crippen LogP contribution is -2.13. The van der Waals surface area contributed by atoms with Crippen molar-refractivity contribution in [3.05, 3.63) is 57.0 Å². The molecule has 0 spiro atoms. The molecule has 5 heteroatoms. The zero-order valence-corrected chi connectivity index (χ0v) is 14.3. The normalized spacial score (nSPS) is 10.2. The van der Waals surface area contributed by atoms with Gasteiger partial charge in [0.25, 0.3) is 5.91 Å². The van der Waals surface area contributed by atoms with E-state index in [1.807, 2.05) is 55.4 Å². The third-order valence-electron chi connectivity index (χ3n) is 2.81. The first-order valence-corrected chi connectivity index (χ1v) is 7.60. The minimum atomic E-state index is -0.143. The highest BCUT2D eigenvalue weighted by Crippen LogP contribution is 2.23. The lowest BCUT2D eigenvalue weighted by molar-refractivity contribution is 0.102. The van der Waals surface area contributed by atoms with E-state index in [2.05, 4.69) is 37.2 Å². The fraction of sp³-hybridized carbons (Fsp3) is 0.133. The van der Waals surface area contributed by atoms with Crippen LogP contribution in [0.15, 0.2) is 51.4 Å². The Balaban J connectivity index is 2.17. The molecule has 2 aromatic carbocycles. The van der Waals surface area contributed by atoms with Crippen molar-refractivity contribution in [3.63, 3.8) is 0 Å². The smallest absolute Gasteiger partial charge is 0.256 e. The van der Waals surface area contributed by atoms with Crippen LogP contribution < -0.4 is 10.2 Å². The summed E-state index contributed by atoms with van der Waals surface area (Å²) in [6, 6.07) is 13.2. The highest BCUT2D eigenvalue weighted by Gasteiger charge is 2.10. The topological polar surface area (TPSA) is 32.3 Å². The van der Waals surface area contributed by atoms with Crippen LogP contribution in [0, 0.1) is 0 Å². The van der Waals surface area contributed by atoms with Crippen LogP contribution in [0.5, 0.6) is 0 Å². The second-order valence-corrected chi connectivity index (χ2v) is 6.29. The number of carbonyl (C=O) groups is 1. The summed E-state index contributed by atoms with van der Waals surface area (Å²) < 4.78 is 1.64. The van der Waals surface area contributed by atoms with E-state index < -0.39 is 0 Å². The van der Waals surface area contributed by atoms with Crippen LogP contribution in [0.2, 0.25) is 0 Å². The van der Waals surface area contributed by atoms with Crippen molar-refractivity contribution in [2.75, 3.05) is 24.3 Å². The molecule has 0 aliphatic rings. The molecule has 0 aromatic heterocycles. The van der Waals surface area contributed by atoms with Crippen LogP contribution in [0.3, 0.4) is 0 Å². The standard InChI is InChI=1S/C15H14Br2N2O/c1-19(2)12-6-4-11(5-7-12)18-15(20)13-9-10(16)3-8-14(13)17/h3-9H,1-2H3,(H,18,20). The zero-order chi connectivity index (χ0) is 14.7. The molecule has 0 heterocycles. The Morgan fingerprint density at radius 2 is 1.70 bits per heavy atom. The number of nitrogens with zero attached hydrogens (tertiary/aromatic N) is 1. The maximum Gasteiger partial charge on any atom is 0.256 e. The highest BCUT2D eigenvalue weighted by atomic mass is 79.9. The van der Waals surface area contributed by atoms with E-state index in [-0.39, 0.29) is 5.91 Å². The van der Waals surface area contributed by atoms with Crippen LogP contribution in [0.25, 0.3) is 0 Å². The third-order valence-corrected chi connectivity index (χ3v) is 4.00. The molecule has 104 valence electrons. The number of anilines is 2. The van der Waals surface area contributed by atoms with Gasteiger partial charge in [-0.25, -0.2) is 0 Å². The van der Waals surface area contributed by atoms with Crippen LogP contribution >= 0.6 is 31.9 Å². The fourth-order valence-electron chi connectivity index (χ4n) is 1.71. The average Bonchev–Trinajstić information content (AvgIpc) is 2.42. The van der Waals surface area contributed by atoms with Gasteiger partial charge >= 0.3 is 0 Å². The Morgan fingerprint density at radius 1 is 1.05 bits per heavy atom. The molecule has 0 atom stereocenters. The van der Waals surface area contributed by atoms with Gasteiger partial charge in [-0.05, 0) is 58.4 Å². The Morgan fingerprint density at radius 3 is 2.30 bits per heavy atom. The van der Waals surface area contributed by atoms with E-state index >= 15 is 0 Å². The van der Waals surface area contributed by atoms with Crippen molar-refractivity contribution in [2.24, 2.45) is 0 Å². The zero-order valence-electron chi connectivity index (χ0n) is 11.2.